The van der Waals surface area contributed by atoms with Crippen LogP contribution in [0.4, 0.5) is 9.93 Å². The first-order chi connectivity index (χ1) is 9.40. The van der Waals surface area contributed by atoms with Gasteiger partial charge in [-0.3, -0.25) is 5.32 Å². The zero-order valence-corrected chi connectivity index (χ0v) is 12.8. The molecule has 0 saturated heterocycles. The molecule has 2 aromatic rings. The fourth-order valence-corrected chi connectivity index (χ4v) is 3.19. The zero-order valence-electron chi connectivity index (χ0n) is 11.1. The van der Waals surface area contributed by atoms with E-state index in [4.69, 9.17) is 0 Å². The number of carbonyl (C=O) groups excluding carboxylic acids is 1. The predicted molar refractivity (Wildman–Crippen MR) is 80.0 cm³/mol. The predicted octanol–water partition coefficient (Wildman–Crippen LogP) is 2.23. The highest BCUT2D eigenvalue weighted by atomic mass is 32.2. The number of nitrogens with one attached hydrogen (secondary N) is 2. The van der Waals surface area contributed by atoms with Crippen LogP contribution in [-0.4, -0.2) is 32.2 Å². The van der Waals surface area contributed by atoms with E-state index in [1.165, 1.54) is 17.4 Å². The van der Waals surface area contributed by atoms with Crippen LogP contribution < -0.4 is 10.6 Å². The van der Waals surface area contributed by atoms with Crippen molar-refractivity contribution in [1.82, 2.24) is 10.3 Å². The van der Waals surface area contributed by atoms with Gasteiger partial charge in [-0.05, 0) is 24.6 Å². The summed E-state index contributed by atoms with van der Waals surface area (Å²) in [5, 5.41) is 5.76. The van der Waals surface area contributed by atoms with Crippen molar-refractivity contribution in [3.63, 3.8) is 0 Å². The lowest BCUT2D eigenvalue weighted by Crippen LogP contribution is -2.29. The first-order valence-corrected chi connectivity index (χ1v) is 8.76. The molecular formula is C12H15N3O3S2. The van der Waals surface area contributed by atoms with Crippen LogP contribution in [0.2, 0.25) is 0 Å². The highest BCUT2D eigenvalue weighted by Crippen LogP contribution is 2.28. The van der Waals surface area contributed by atoms with Gasteiger partial charge in [-0.15, -0.1) is 0 Å². The Balaban J connectivity index is 2.23. The Hall–Kier alpha value is -1.67. The molecule has 20 heavy (non-hydrogen) atoms. The normalized spacial score (nSPS) is 11.5. The maximum Gasteiger partial charge on any atom is 0.321 e. The van der Waals surface area contributed by atoms with Crippen molar-refractivity contribution in [3.8, 4) is 0 Å². The van der Waals surface area contributed by atoms with Gasteiger partial charge < -0.3 is 5.32 Å². The Kier molecular flexibility index (Phi) is 4.24. The summed E-state index contributed by atoms with van der Waals surface area (Å²) in [6.07, 6.45) is 2.01. The van der Waals surface area contributed by atoms with Crippen LogP contribution in [-0.2, 0) is 9.84 Å². The van der Waals surface area contributed by atoms with Gasteiger partial charge in [0.1, 0.15) is 0 Å². The van der Waals surface area contributed by atoms with Gasteiger partial charge in [0.15, 0.2) is 15.0 Å². The quantitative estimate of drug-likeness (QED) is 0.906. The molecule has 0 aliphatic heterocycles. The number of hydrogen-bond acceptors (Lipinski definition) is 5. The maximum absolute atomic E-state index is 11.5. The molecule has 2 N–H and O–H groups in total. The third-order valence-corrected chi connectivity index (χ3v) is 4.59. The number of fused-ring (bicyclic) bond motifs is 1. The van der Waals surface area contributed by atoms with E-state index >= 15 is 0 Å². The molecular weight excluding hydrogens is 298 g/mol. The molecule has 0 saturated carbocycles. The van der Waals surface area contributed by atoms with Crippen LogP contribution in [0.1, 0.15) is 13.3 Å². The number of anilines is 1. The van der Waals surface area contributed by atoms with Crippen LogP contribution in [0, 0.1) is 0 Å². The topological polar surface area (TPSA) is 88.2 Å². The van der Waals surface area contributed by atoms with E-state index in [1.807, 2.05) is 6.92 Å². The Labute approximate surface area is 121 Å². The summed E-state index contributed by atoms with van der Waals surface area (Å²) in [5.74, 6) is 0. The number of amides is 2. The molecule has 108 valence electrons. The molecule has 0 bridgehead atoms. The van der Waals surface area contributed by atoms with Crippen molar-refractivity contribution in [2.75, 3.05) is 18.1 Å². The molecule has 2 rings (SSSR count). The van der Waals surface area contributed by atoms with E-state index in [-0.39, 0.29) is 10.9 Å². The summed E-state index contributed by atoms with van der Waals surface area (Å²) in [6.45, 7) is 2.56. The largest absolute Gasteiger partial charge is 0.338 e. The molecule has 0 fully saturated rings. The van der Waals surface area contributed by atoms with Crippen molar-refractivity contribution < 1.29 is 13.2 Å². The first-order valence-electron chi connectivity index (χ1n) is 6.05. The summed E-state index contributed by atoms with van der Waals surface area (Å²) >= 11 is 1.24. The van der Waals surface area contributed by atoms with Gasteiger partial charge in [-0.1, -0.05) is 18.3 Å². The number of aromatic nitrogens is 1. The number of benzene rings is 1. The fraction of sp³-hybridized carbons (Fsp3) is 0.333. The lowest BCUT2D eigenvalue weighted by atomic mass is 10.3. The molecule has 1 heterocycles. The molecule has 1 aromatic carbocycles. The van der Waals surface area contributed by atoms with E-state index in [2.05, 4.69) is 15.6 Å². The van der Waals surface area contributed by atoms with Gasteiger partial charge in [0.25, 0.3) is 0 Å². The first kappa shape index (κ1) is 14.7. The summed E-state index contributed by atoms with van der Waals surface area (Å²) < 4.78 is 23.7. The second-order valence-corrected chi connectivity index (χ2v) is 7.35. The van der Waals surface area contributed by atoms with Crippen LogP contribution in [0.15, 0.2) is 23.1 Å². The minimum atomic E-state index is -3.24. The molecule has 6 nitrogen and oxygen atoms in total. The number of rotatable bonds is 4. The fourth-order valence-electron chi connectivity index (χ4n) is 1.57. The zero-order chi connectivity index (χ0) is 14.8. The van der Waals surface area contributed by atoms with Gasteiger partial charge in [0, 0.05) is 12.8 Å². The Morgan fingerprint density at radius 1 is 1.40 bits per heavy atom. The summed E-state index contributed by atoms with van der Waals surface area (Å²) in [6, 6.07) is 4.40. The number of carbonyl (C=O) groups is 1. The lowest BCUT2D eigenvalue weighted by molar-refractivity contribution is 0.252. The van der Waals surface area contributed by atoms with E-state index in [0.29, 0.717) is 17.2 Å². The lowest BCUT2D eigenvalue weighted by Gasteiger charge is -2.02. The number of urea groups is 1. The van der Waals surface area contributed by atoms with E-state index in [0.717, 1.165) is 17.4 Å². The standard InChI is InChI=1S/C12H15N3O3S2/c1-3-6-13-11(16)15-12-14-9-5-4-8(20(2,17)18)7-10(9)19-12/h4-5,7H,3,6H2,1-2H3,(H2,13,14,15,16). The van der Waals surface area contributed by atoms with E-state index < -0.39 is 9.84 Å². The van der Waals surface area contributed by atoms with Crippen molar-refractivity contribution in [3.05, 3.63) is 18.2 Å². The molecule has 0 aliphatic carbocycles. The molecule has 0 atom stereocenters. The third-order valence-electron chi connectivity index (χ3n) is 2.54. The number of nitrogens with zero attached hydrogens (tertiary/aromatic N) is 1. The van der Waals surface area contributed by atoms with Crippen LogP contribution >= 0.6 is 11.3 Å². The number of hydrogen-bond donors (Lipinski definition) is 2. The van der Waals surface area contributed by atoms with Crippen molar-refractivity contribution in [2.24, 2.45) is 0 Å². The third kappa shape index (κ3) is 3.45. The minimum Gasteiger partial charge on any atom is -0.338 e. The molecule has 1 aromatic heterocycles. The second-order valence-electron chi connectivity index (χ2n) is 4.30. The molecule has 0 radical (unpaired) electrons. The Bertz CT molecular complexity index is 737. The highest BCUT2D eigenvalue weighted by molar-refractivity contribution is 7.90. The van der Waals surface area contributed by atoms with E-state index in [9.17, 15) is 13.2 Å². The number of sulfone groups is 1. The van der Waals surface area contributed by atoms with Crippen molar-refractivity contribution in [1.29, 1.82) is 0 Å². The summed E-state index contributed by atoms with van der Waals surface area (Å²) in [4.78, 5) is 16.0. The van der Waals surface area contributed by atoms with Crippen LogP contribution in [0.25, 0.3) is 10.2 Å². The minimum absolute atomic E-state index is 0.246. The SMILES string of the molecule is CCCNC(=O)Nc1nc2ccc(S(C)(=O)=O)cc2s1. The molecule has 0 aliphatic rings. The Morgan fingerprint density at radius 2 is 2.15 bits per heavy atom. The summed E-state index contributed by atoms with van der Waals surface area (Å²) in [7, 11) is -3.24. The van der Waals surface area contributed by atoms with Gasteiger partial charge in [0.2, 0.25) is 0 Å². The smallest absolute Gasteiger partial charge is 0.321 e. The maximum atomic E-state index is 11.5. The van der Waals surface area contributed by atoms with Crippen LogP contribution in [0.3, 0.4) is 0 Å². The van der Waals surface area contributed by atoms with Gasteiger partial charge >= 0.3 is 6.03 Å². The second kappa shape index (κ2) is 5.76. The molecule has 0 spiro atoms. The molecule has 2 amide bonds. The average molecular weight is 313 g/mol. The average Bonchev–Trinajstić information content (AvgIpc) is 2.76. The van der Waals surface area contributed by atoms with Gasteiger partial charge in [-0.25, -0.2) is 18.2 Å². The Morgan fingerprint density at radius 3 is 2.80 bits per heavy atom. The van der Waals surface area contributed by atoms with Crippen molar-refractivity contribution in [2.45, 2.75) is 18.2 Å². The molecule has 0 unspecified atom stereocenters. The van der Waals surface area contributed by atoms with Crippen molar-refractivity contribution >= 4 is 42.6 Å². The van der Waals surface area contributed by atoms with Crippen LogP contribution in [0.5, 0.6) is 0 Å². The number of thiazole rings is 1. The highest BCUT2D eigenvalue weighted by Gasteiger charge is 2.11. The van der Waals surface area contributed by atoms with E-state index in [1.54, 1.807) is 12.1 Å². The monoisotopic (exact) mass is 313 g/mol. The van der Waals surface area contributed by atoms with Gasteiger partial charge in [0.05, 0.1) is 15.1 Å². The molecule has 8 heteroatoms. The van der Waals surface area contributed by atoms with Gasteiger partial charge in [-0.2, -0.15) is 0 Å². The summed E-state index contributed by atoms with van der Waals surface area (Å²) in [5.41, 5.74) is 0.660.